The third kappa shape index (κ3) is 5.97. The quantitative estimate of drug-likeness (QED) is 0.646. The maximum atomic E-state index is 12.2. The predicted molar refractivity (Wildman–Crippen MR) is 98.3 cm³/mol. The van der Waals surface area contributed by atoms with E-state index in [9.17, 15) is 14.4 Å². The number of carbonyl (C=O) groups excluding carboxylic acids is 3. The Kier molecular flexibility index (Phi) is 7.87. The van der Waals surface area contributed by atoms with Gasteiger partial charge in [0.25, 0.3) is 0 Å². The molecule has 2 aliphatic heterocycles. The minimum absolute atomic E-state index is 0.0630. The van der Waals surface area contributed by atoms with E-state index in [-0.39, 0.29) is 23.6 Å². The molecule has 7 nitrogen and oxygen atoms in total. The Labute approximate surface area is 156 Å². The van der Waals surface area contributed by atoms with Gasteiger partial charge < -0.3 is 19.9 Å². The lowest BCUT2D eigenvalue weighted by Crippen LogP contribution is -2.42. The minimum atomic E-state index is -0.257. The zero-order chi connectivity index (χ0) is 19.1. The topological polar surface area (TPSA) is 79.0 Å². The Balaban J connectivity index is 1.73. The molecule has 0 saturated carbocycles. The molecular formula is C19H33N3O4. The molecule has 0 aromatic rings. The third-order valence-electron chi connectivity index (χ3n) is 5.22. The fourth-order valence-corrected chi connectivity index (χ4v) is 3.70. The van der Waals surface area contributed by atoms with Gasteiger partial charge in [0.1, 0.15) is 0 Å². The molecule has 2 heterocycles. The fraction of sp³-hybridized carbons (Fsp3) is 0.842. The lowest BCUT2D eigenvalue weighted by molar-refractivity contribution is -0.134. The van der Waals surface area contributed by atoms with E-state index in [1.54, 1.807) is 7.11 Å². The molecule has 0 aromatic carbocycles. The van der Waals surface area contributed by atoms with Crippen LogP contribution in [0.3, 0.4) is 0 Å². The van der Waals surface area contributed by atoms with Crippen molar-refractivity contribution in [3.05, 3.63) is 0 Å². The average molecular weight is 367 g/mol. The highest BCUT2D eigenvalue weighted by molar-refractivity contribution is 5.89. The normalized spacial score (nSPS) is 21.5. The molecule has 0 bridgehead atoms. The minimum Gasteiger partial charge on any atom is -0.383 e. The van der Waals surface area contributed by atoms with E-state index in [0.29, 0.717) is 50.9 Å². The van der Waals surface area contributed by atoms with Crippen LogP contribution >= 0.6 is 0 Å². The molecule has 0 spiro atoms. The van der Waals surface area contributed by atoms with Crippen LogP contribution in [0.5, 0.6) is 0 Å². The van der Waals surface area contributed by atoms with Gasteiger partial charge in [-0.3, -0.25) is 14.4 Å². The lowest BCUT2D eigenvalue weighted by atomic mass is 9.95. The van der Waals surface area contributed by atoms with Crippen molar-refractivity contribution in [1.82, 2.24) is 15.1 Å². The summed E-state index contributed by atoms with van der Waals surface area (Å²) in [6.07, 6.45) is 2.76. The molecule has 26 heavy (non-hydrogen) atoms. The van der Waals surface area contributed by atoms with Crippen molar-refractivity contribution >= 4 is 17.7 Å². The second-order valence-corrected chi connectivity index (χ2v) is 7.91. The van der Waals surface area contributed by atoms with Gasteiger partial charge in [0.2, 0.25) is 17.7 Å². The van der Waals surface area contributed by atoms with Gasteiger partial charge >= 0.3 is 0 Å². The van der Waals surface area contributed by atoms with E-state index in [1.807, 2.05) is 9.80 Å². The van der Waals surface area contributed by atoms with Crippen LogP contribution in [0.1, 0.15) is 39.5 Å². The van der Waals surface area contributed by atoms with Crippen LogP contribution in [0.4, 0.5) is 0 Å². The molecule has 0 radical (unpaired) electrons. The van der Waals surface area contributed by atoms with Gasteiger partial charge in [-0.25, -0.2) is 0 Å². The van der Waals surface area contributed by atoms with Gasteiger partial charge in [0.05, 0.1) is 12.5 Å². The number of carbonyl (C=O) groups is 3. The summed E-state index contributed by atoms with van der Waals surface area (Å²) in [7, 11) is 1.59. The van der Waals surface area contributed by atoms with Crippen molar-refractivity contribution in [2.45, 2.75) is 39.5 Å². The second-order valence-electron chi connectivity index (χ2n) is 7.91. The monoisotopic (exact) mass is 367 g/mol. The Hall–Kier alpha value is -1.63. The van der Waals surface area contributed by atoms with Crippen LogP contribution in [0, 0.1) is 17.8 Å². The van der Waals surface area contributed by atoms with Gasteiger partial charge in [-0.2, -0.15) is 0 Å². The second kappa shape index (κ2) is 9.90. The largest absolute Gasteiger partial charge is 0.383 e. The first-order valence-corrected chi connectivity index (χ1v) is 9.72. The van der Waals surface area contributed by atoms with Gasteiger partial charge in [0, 0.05) is 52.7 Å². The first-order chi connectivity index (χ1) is 12.4. The van der Waals surface area contributed by atoms with Crippen LogP contribution in [0.15, 0.2) is 0 Å². The van der Waals surface area contributed by atoms with Gasteiger partial charge in [-0.05, 0) is 24.7 Å². The van der Waals surface area contributed by atoms with Crippen LogP contribution < -0.4 is 5.32 Å². The Bertz CT molecular complexity index is 501. The summed E-state index contributed by atoms with van der Waals surface area (Å²) < 4.78 is 4.92. The zero-order valence-electron chi connectivity index (χ0n) is 16.3. The summed E-state index contributed by atoms with van der Waals surface area (Å²) in [4.78, 5) is 40.3. The van der Waals surface area contributed by atoms with Crippen molar-refractivity contribution in [2.75, 3.05) is 46.4 Å². The maximum absolute atomic E-state index is 12.2. The van der Waals surface area contributed by atoms with E-state index in [1.165, 1.54) is 0 Å². The number of amides is 3. The number of methoxy groups -OCH3 is 1. The third-order valence-corrected chi connectivity index (χ3v) is 5.22. The molecule has 1 unspecified atom stereocenters. The van der Waals surface area contributed by atoms with E-state index in [0.717, 1.165) is 25.9 Å². The number of likely N-dealkylation sites (tertiary alicyclic amines) is 2. The fourth-order valence-electron chi connectivity index (χ4n) is 3.70. The van der Waals surface area contributed by atoms with E-state index in [4.69, 9.17) is 4.74 Å². The summed E-state index contributed by atoms with van der Waals surface area (Å²) in [5, 5.41) is 2.82. The summed E-state index contributed by atoms with van der Waals surface area (Å²) in [5.41, 5.74) is 0. The number of hydrogen-bond donors (Lipinski definition) is 1. The molecule has 3 amide bonds. The number of ether oxygens (including phenoxy) is 1. The molecule has 1 N–H and O–H groups in total. The molecule has 2 rings (SSSR count). The number of nitrogens with zero attached hydrogens (tertiary/aromatic N) is 2. The van der Waals surface area contributed by atoms with Crippen molar-refractivity contribution < 1.29 is 19.1 Å². The smallest absolute Gasteiger partial charge is 0.225 e. The van der Waals surface area contributed by atoms with E-state index >= 15 is 0 Å². The van der Waals surface area contributed by atoms with Gasteiger partial charge in [0.15, 0.2) is 0 Å². The average Bonchev–Trinajstić information content (AvgIpc) is 2.96. The number of rotatable bonds is 8. The first-order valence-electron chi connectivity index (χ1n) is 9.72. The summed E-state index contributed by atoms with van der Waals surface area (Å²) >= 11 is 0. The highest BCUT2D eigenvalue weighted by Crippen LogP contribution is 2.24. The lowest BCUT2D eigenvalue weighted by Gasteiger charge is -2.34. The summed E-state index contributed by atoms with van der Waals surface area (Å²) in [6, 6.07) is 0. The molecule has 2 aliphatic rings. The molecule has 2 fully saturated rings. The first kappa shape index (κ1) is 20.7. The molecule has 148 valence electrons. The van der Waals surface area contributed by atoms with Crippen LogP contribution in [0.2, 0.25) is 0 Å². The predicted octanol–water partition coefficient (Wildman–Crippen LogP) is 0.882. The van der Waals surface area contributed by atoms with Crippen molar-refractivity contribution in [3.8, 4) is 0 Å². The Morgan fingerprint density at radius 3 is 2.58 bits per heavy atom. The molecule has 1 atom stereocenters. The number of hydrogen-bond acceptors (Lipinski definition) is 4. The highest BCUT2D eigenvalue weighted by atomic mass is 16.5. The zero-order valence-corrected chi connectivity index (χ0v) is 16.3. The van der Waals surface area contributed by atoms with Gasteiger partial charge in [-0.15, -0.1) is 0 Å². The van der Waals surface area contributed by atoms with Crippen molar-refractivity contribution in [1.29, 1.82) is 0 Å². The molecule has 7 heteroatoms. The summed E-state index contributed by atoms with van der Waals surface area (Å²) in [6.45, 7) is 7.83. The van der Waals surface area contributed by atoms with E-state index in [2.05, 4.69) is 19.2 Å². The number of piperidine rings is 1. The van der Waals surface area contributed by atoms with Crippen LogP contribution in [-0.2, 0) is 19.1 Å². The molecule has 0 aromatic heterocycles. The molecular weight excluding hydrogens is 334 g/mol. The van der Waals surface area contributed by atoms with Crippen molar-refractivity contribution in [3.63, 3.8) is 0 Å². The molecule has 2 saturated heterocycles. The van der Waals surface area contributed by atoms with Crippen molar-refractivity contribution in [2.24, 2.45) is 17.8 Å². The van der Waals surface area contributed by atoms with Crippen LogP contribution in [0.25, 0.3) is 0 Å². The van der Waals surface area contributed by atoms with E-state index < -0.39 is 0 Å². The Morgan fingerprint density at radius 2 is 1.96 bits per heavy atom. The number of nitrogens with one attached hydrogen (secondary N) is 1. The Morgan fingerprint density at radius 1 is 1.27 bits per heavy atom. The standard InChI is InChI=1S/C19H33N3O4/c1-14(2)10-17(23)21-7-4-15(5-8-21)12-22-13-16(11-18(22)24)19(25)20-6-9-26-3/h14-16H,4-13H2,1-3H3,(H,20,25). The SMILES string of the molecule is COCCNC(=O)C1CC(=O)N(CC2CCN(C(=O)CC(C)C)CC2)C1. The highest BCUT2D eigenvalue weighted by Gasteiger charge is 2.35. The maximum Gasteiger partial charge on any atom is 0.225 e. The van der Waals surface area contributed by atoms with Gasteiger partial charge in [-0.1, -0.05) is 13.8 Å². The summed E-state index contributed by atoms with van der Waals surface area (Å²) in [5.74, 6) is 0.782. The van der Waals surface area contributed by atoms with Crippen LogP contribution in [-0.4, -0.2) is 74.0 Å². The molecule has 0 aliphatic carbocycles.